The third-order valence-corrected chi connectivity index (χ3v) is 4.88. The molecule has 122 valence electrons. The van der Waals surface area contributed by atoms with E-state index in [1.165, 1.54) is 0 Å². The fraction of sp³-hybridized carbons (Fsp3) is 0.375. The first-order chi connectivity index (χ1) is 11.0. The maximum Gasteiger partial charge on any atom is 0.257 e. The van der Waals surface area contributed by atoms with E-state index in [-0.39, 0.29) is 5.91 Å². The fourth-order valence-electron chi connectivity index (χ4n) is 2.92. The Balaban J connectivity index is 1.80. The number of carbonyl (C=O) groups is 1. The molecule has 0 bridgehead atoms. The molecule has 2 N–H and O–H groups in total. The van der Waals surface area contributed by atoms with E-state index in [0.29, 0.717) is 46.2 Å². The van der Waals surface area contributed by atoms with Gasteiger partial charge in [0.1, 0.15) is 0 Å². The number of carbonyl (C=O) groups excluding carboxylic acids is 1. The Labute approximate surface area is 145 Å². The Kier molecular flexibility index (Phi) is 4.62. The van der Waals surface area contributed by atoms with Crippen LogP contribution in [0.5, 0.6) is 0 Å². The summed E-state index contributed by atoms with van der Waals surface area (Å²) < 4.78 is 1.59. The third kappa shape index (κ3) is 3.22. The van der Waals surface area contributed by atoms with Crippen molar-refractivity contribution < 1.29 is 4.79 Å². The molecule has 1 amide bonds. The zero-order valence-corrected chi connectivity index (χ0v) is 14.3. The van der Waals surface area contributed by atoms with Crippen molar-refractivity contribution >= 4 is 29.1 Å². The monoisotopic (exact) mass is 352 g/mol. The van der Waals surface area contributed by atoms with Gasteiger partial charge in [0.25, 0.3) is 5.91 Å². The molecule has 2 atom stereocenters. The predicted octanol–water partition coefficient (Wildman–Crippen LogP) is 2.85. The summed E-state index contributed by atoms with van der Waals surface area (Å²) >= 11 is 12.1. The Bertz CT molecular complexity index is 731. The van der Waals surface area contributed by atoms with Crippen molar-refractivity contribution in [1.29, 1.82) is 0 Å². The molecule has 1 aliphatic rings. The molecule has 0 spiro atoms. The van der Waals surface area contributed by atoms with Gasteiger partial charge in [-0.25, -0.2) is 4.68 Å². The lowest BCUT2D eigenvalue weighted by atomic mass is 9.99. The van der Waals surface area contributed by atoms with E-state index in [1.54, 1.807) is 35.3 Å². The van der Waals surface area contributed by atoms with Gasteiger partial charge in [0.05, 0.1) is 22.5 Å². The van der Waals surface area contributed by atoms with Crippen LogP contribution in [0.4, 0.5) is 0 Å². The summed E-state index contributed by atoms with van der Waals surface area (Å²) in [4.78, 5) is 14.5. The van der Waals surface area contributed by atoms with Crippen LogP contribution in [-0.4, -0.2) is 40.2 Å². The smallest absolute Gasteiger partial charge is 0.257 e. The molecule has 1 fully saturated rings. The van der Waals surface area contributed by atoms with Crippen LogP contribution in [0.15, 0.2) is 30.6 Å². The second-order valence-electron chi connectivity index (χ2n) is 5.95. The van der Waals surface area contributed by atoms with Crippen molar-refractivity contribution in [2.75, 3.05) is 19.6 Å². The maximum atomic E-state index is 12.6. The number of halogens is 2. The molecule has 2 unspecified atom stereocenters. The van der Waals surface area contributed by atoms with Gasteiger partial charge in [-0.05, 0) is 36.6 Å². The van der Waals surface area contributed by atoms with Gasteiger partial charge >= 0.3 is 0 Å². The Morgan fingerprint density at radius 2 is 2.17 bits per heavy atom. The molecule has 2 aromatic rings. The summed E-state index contributed by atoms with van der Waals surface area (Å²) in [6.45, 7) is 4.16. The van der Waals surface area contributed by atoms with Crippen LogP contribution >= 0.6 is 23.2 Å². The maximum absolute atomic E-state index is 12.6. The van der Waals surface area contributed by atoms with Crippen molar-refractivity contribution in [3.63, 3.8) is 0 Å². The Hall–Kier alpha value is -1.56. The minimum atomic E-state index is -0.0239. The lowest BCUT2D eigenvalue weighted by Gasteiger charge is -2.14. The highest BCUT2D eigenvalue weighted by Gasteiger charge is 2.32. The SMILES string of the molecule is CC1CN(C(=O)c2cnn(-c3ccc(Cl)cc3Cl)c2)CC1CN. The number of amides is 1. The van der Waals surface area contributed by atoms with E-state index in [2.05, 4.69) is 12.0 Å². The van der Waals surface area contributed by atoms with Gasteiger partial charge in [0.15, 0.2) is 0 Å². The molecule has 0 aliphatic carbocycles. The van der Waals surface area contributed by atoms with Crippen LogP contribution in [0.2, 0.25) is 10.0 Å². The van der Waals surface area contributed by atoms with E-state index < -0.39 is 0 Å². The molecule has 1 aromatic heterocycles. The second-order valence-corrected chi connectivity index (χ2v) is 6.80. The minimum absolute atomic E-state index is 0.0239. The summed E-state index contributed by atoms with van der Waals surface area (Å²) in [6.07, 6.45) is 3.26. The average Bonchev–Trinajstić information content (AvgIpc) is 3.13. The molecule has 1 saturated heterocycles. The van der Waals surface area contributed by atoms with E-state index in [9.17, 15) is 4.79 Å². The van der Waals surface area contributed by atoms with Crippen molar-refractivity contribution in [1.82, 2.24) is 14.7 Å². The zero-order chi connectivity index (χ0) is 16.6. The lowest BCUT2D eigenvalue weighted by molar-refractivity contribution is 0.0784. The van der Waals surface area contributed by atoms with Crippen LogP contribution in [0.3, 0.4) is 0 Å². The largest absolute Gasteiger partial charge is 0.338 e. The number of aromatic nitrogens is 2. The zero-order valence-electron chi connectivity index (χ0n) is 12.7. The summed E-state index contributed by atoms with van der Waals surface area (Å²) in [5.74, 6) is 0.758. The third-order valence-electron chi connectivity index (χ3n) is 4.34. The molecule has 1 aliphatic heterocycles. The summed E-state index contributed by atoms with van der Waals surface area (Å²) in [5, 5.41) is 5.29. The number of likely N-dealkylation sites (tertiary alicyclic amines) is 1. The van der Waals surface area contributed by atoms with Crippen molar-refractivity contribution in [3.05, 3.63) is 46.2 Å². The predicted molar refractivity (Wildman–Crippen MR) is 91.2 cm³/mol. The average molecular weight is 353 g/mol. The van der Waals surface area contributed by atoms with Gasteiger partial charge in [-0.3, -0.25) is 4.79 Å². The molecular weight excluding hydrogens is 335 g/mol. The molecule has 3 rings (SSSR count). The van der Waals surface area contributed by atoms with Gasteiger partial charge in [0.2, 0.25) is 0 Å². The van der Waals surface area contributed by atoms with Crippen LogP contribution in [-0.2, 0) is 0 Å². The highest BCUT2D eigenvalue weighted by Crippen LogP contribution is 2.26. The van der Waals surface area contributed by atoms with E-state index in [0.717, 1.165) is 6.54 Å². The Morgan fingerprint density at radius 1 is 1.39 bits per heavy atom. The Morgan fingerprint density at radius 3 is 2.83 bits per heavy atom. The number of nitrogens with two attached hydrogens (primary N) is 1. The molecule has 2 heterocycles. The summed E-state index contributed by atoms with van der Waals surface area (Å²) in [5.41, 5.74) is 6.98. The highest BCUT2D eigenvalue weighted by atomic mass is 35.5. The molecule has 5 nitrogen and oxygen atoms in total. The number of hydrogen-bond donors (Lipinski definition) is 1. The van der Waals surface area contributed by atoms with Gasteiger partial charge in [0, 0.05) is 24.3 Å². The normalized spacial score (nSPS) is 21.0. The first-order valence-corrected chi connectivity index (χ1v) is 8.24. The molecule has 7 heteroatoms. The van der Waals surface area contributed by atoms with Crippen molar-refractivity contribution in [3.8, 4) is 5.69 Å². The topological polar surface area (TPSA) is 64.2 Å². The van der Waals surface area contributed by atoms with E-state index in [4.69, 9.17) is 28.9 Å². The lowest BCUT2D eigenvalue weighted by Crippen LogP contribution is -2.29. The summed E-state index contributed by atoms with van der Waals surface area (Å²) in [6, 6.07) is 5.16. The summed E-state index contributed by atoms with van der Waals surface area (Å²) in [7, 11) is 0. The van der Waals surface area contributed by atoms with E-state index >= 15 is 0 Å². The molecule has 1 aromatic carbocycles. The standard InChI is InChI=1S/C16H18Cl2N4O/c1-10-7-21(8-11(10)5-19)16(23)12-6-20-22(9-12)15-3-2-13(17)4-14(15)18/h2-4,6,9-11H,5,7-8,19H2,1H3. The molecular formula is C16H18Cl2N4O. The number of benzene rings is 1. The van der Waals surface area contributed by atoms with Crippen LogP contribution in [0.1, 0.15) is 17.3 Å². The van der Waals surface area contributed by atoms with Gasteiger partial charge in [-0.1, -0.05) is 30.1 Å². The first-order valence-electron chi connectivity index (χ1n) is 7.49. The first kappa shape index (κ1) is 16.3. The van der Waals surface area contributed by atoms with Crippen LogP contribution in [0.25, 0.3) is 5.69 Å². The van der Waals surface area contributed by atoms with E-state index in [1.807, 2.05) is 4.90 Å². The van der Waals surface area contributed by atoms with Crippen molar-refractivity contribution in [2.45, 2.75) is 6.92 Å². The van der Waals surface area contributed by atoms with Crippen LogP contribution < -0.4 is 5.73 Å². The molecule has 0 saturated carbocycles. The molecule has 23 heavy (non-hydrogen) atoms. The minimum Gasteiger partial charge on any atom is -0.338 e. The van der Waals surface area contributed by atoms with Crippen molar-refractivity contribution in [2.24, 2.45) is 17.6 Å². The second kappa shape index (κ2) is 6.51. The number of nitrogens with zero attached hydrogens (tertiary/aromatic N) is 3. The highest BCUT2D eigenvalue weighted by molar-refractivity contribution is 6.35. The van der Waals surface area contributed by atoms with Crippen LogP contribution in [0, 0.1) is 11.8 Å². The fourth-order valence-corrected chi connectivity index (χ4v) is 3.42. The molecule has 0 radical (unpaired) electrons. The van der Waals surface area contributed by atoms with Gasteiger partial charge in [-0.15, -0.1) is 0 Å². The van der Waals surface area contributed by atoms with Gasteiger partial charge in [-0.2, -0.15) is 5.10 Å². The van der Waals surface area contributed by atoms with Gasteiger partial charge < -0.3 is 10.6 Å². The number of hydrogen-bond acceptors (Lipinski definition) is 3. The quantitative estimate of drug-likeness (QED) is 0.923. The number of rotatable bonds is 3.